The van der Waals surface area contributed by atoms with Crippen molar-refractivity contribution in [3.63, 3.8) is 0 Å². The number of hydrogen-bond acceptors (Lipinski definition) is 4. The summed E-state index contributed by atoms with van der Waals surface area (Å²) >= 11 is 0. The Bertz CT molecular complexity index is 789. The third-order valence-corrected chi connectivity index (χ3v) is 3.95. The maximum absolute atomic E-state index is 12.9. The lowest BCUT2D eigenvalue weighted by Crippen LogP contribution is -2.43. The van der Waals surface area contributed by atoms with Gasteiger partial charge in [-0.2, -0.15) is 18.3 Å². The molecular formula is C17H20ClF3N4O2. The molecule has 1 saturated heterocycles. The number of nitrogens with one attached hydrogen (secondary N) is 2. The van der Waals surface area contributed by atoms with Crippen molar-refractivity contribution in [1.82, 2.24) is 15.1 Å². The van der Waals surface area contributed by atoms with Gasteiger partial charge in [0.1, 0.15) is 5.82 Å². The first kappa shape index (κ1) is 21.2. The van der Waals surface area contributed by atoms with Gasteiger partial charge in [0.15, 0.2) is 0 Å². The van der Waals surface area contributed by atoms with Crippen LogP contribution in [-0.4, -0.2) is 41.5 Å². The molecule has 3 rings (SSSR count). The minimum absolute atomic E-state index is 0. The molecule has 1 aromatic heterocycles. The number of aromatic nitrogens is 2. The molecule has 2 heterocycles. The van der Waals surface area contributed by atoms with Crippen molar-refractivity contribution in [2.45, 2.75) is 25.6 Å². The fourth-order valence-corrected chi connectivity index (χ4v) is 2.77. The largest absolute Gasteiger partial charge is 0.416 e. The van der Waals surface area contributed by atoms with Gasteiger partial charge in [-0.15, -0.1) is 12.4 Å². The molecule has 148 valence electrons. The van der Waals surface area contributed by atoms with Gasteiger partial charge in [0.05, 0.1) is 30.2 Å². The molecule has 1 aromatic carbocycles. The molecule has 1 atom stereocenters. The molecule has 1 aliphatic rings. The van der Waals surface area contributed by atoms with E-state index in [1.807, 2.05) is 0 Å². The Balaban J connectivity index is 0.00000261. The number of carbonyl (C=O) groups excluding carboxylic acids is 1. The molecule has 6 nitrogen and oxygen atoms in total. The molecule has 1 fully saturated rings. The van der Waals surface area contributed by atoms with Crippen molar-refractivity contribution >= 4 is 24.1 Å². The summed E-state index contributed by atoms with van der Waals surface area (Å²) < 4.78 is 45.4. The second kappa shape index (κ2) is 8.73. The summed E-state index contributed by atoms with van der Waals surface area (Å²) in [5.74, 6) is 0.0599. The monoisotopic (exact) mass is 404 g/mol. The van der Waals surface area contributed by atoms with Crippen LogP contribution in [0.2, 0.25) is 0 Å². The first-order chi connectivity index (χ1) is 12.3. The SMILES string of the molecule is Cc1cc(NC(=O)CC2COCCN2)n(-c2cccc(C(F)(F)F)c2)n1.Cl. The van der Waals surface area contributed by atoms with Crippen LogP contribution in [0.5, 0.6) is 0 Å². The van der Waals surface area contributed by atoms with Gasteiger partial charge in [-0.1, -0.05) is 6.07 Å². The molecule has 1 amide bonds. The van der Waals surface area contributed by atoms with E-state index in [0.717, 1.165) is 12.1 Å². The summed E-state index contributed by atoms with van der Waals surface area (Å²) in [6.07, 6.45) is -4.25. The van der Waals surface area contributed by atoms with Crippen LogP contribution in [0.4, 0.5) is 19.0 Å². The van der Waals surface area contributed by atoms with Crippen molar-refractivity contribution in [2.24, 2.45) is 0 Å². The highest BCUT2D eigenvalue weighted by Crippen LogP contribution is 2.31. The highest BCUT2D eigenvalue weighted by Gasteiger charge is 2.30. The Labute approximate surface area is 160 Å². The number of hydrogen-bond donors (Lipinski definition) is 2. The number of aryl methyl sites for hydroxylation is 1. The number of nitrogens with zero attached hydrogens (tertiary/aromatic N) is 2. The number of benzene rings is 1. The molecule has 0 spiro atoms. The van der Waals surface area contributed by atoms with E-state index in [1.54, 1.807) is 13.0 Å². The highest BCUT2D eigenvalue weighted by molar-refractivity contribution is 5.90. The van der Waals surface area contributed by atoms with Crippen molar-refractivity contribution in [3.8, 4) is 5.69 Å². The Morgan fingerprint density at radius 2 is 2.19 bits per heavy atom. The number of amides is 1. The van der Waals surface area contributed by atoms with Gasteiger partial charge in [0.2, 0.25) is 5.91 Å². The van der Waals surface area contributed by atoms with Gasteiger partial charge in [0.25, 0.3) is 0 Å². The number of halogens is 4. The van der Waals surface area contributed by atoms with Crippen LogP contribution in [0.1, 0.15) is 17.7 Å². The quantitative estimate of drug-likeness (QED) is 0.822. The zero-order valence-electron chi connectivity index (χ0n) is 14.5. The predicted molar refractivity (Wildman–Crippen MR) is 96.4 cm³/mol. The number of carbonyl (C=O) groups is 1. The maximum Gasteiger partial charge on any atom is 0.416 e. The second-order valence-electron chi connectivity index (χ2n) is 6.11. The molecule has 0 saturated carbocycles. The maximum atomic E-state index is 12.9. The normalized spacial score (nSPS) is 17.3. The Kier molecular flexibility index (Phi) is 6.85. The topological polar surface area (TPSA) is 68.2 Å². The van der Waals surface area contributed by atoms with E-state index in [4.69, 9.17) is 4.74 Å². The number of morpholine rings is 1. The summed E-state index contributed by atoms with van der Waals surface area (Å²) in [5.41, 5.74) is 0.0307. The van der Waals surface area contributed by atoms with Gasteiger partial charge in [-0.25, -0.2) is 4.68 Å². The fourth-order valence-electron chi connectivity index (χ4n) is 2.77. The van der Waals surface area contributed by atoms with E-state index in [1.165, 1.54) is 16.8 Å². The lowest BCUT2D eigenvalue weighted by Gasteiger charge is -2.23. The van der Waals surface area contributed by atoms with Gasteiger partial charge < -0.3 is 15.4 Å². The summed E-state index contributed by atoms with van der Waals surface area (Å²) in [4.78, 5) is 12.3. The number of rotatable bonds is 4. The summed E-state index contributed by atoms with van der Waals surface area (Å²) in [5, 5.41) is 10.1. The predicted octanol–water partition coefficient (Wildman–Crippen LogP) is 2.94. The van der Waals surface area contributed by atoms with Crippen molar-refractivity contribution in [2.75, 3.05) is 25.1 Å². The van der Waals surface area contributed by atoms with Crippen molar-refractivity contribution in [1.29, 1.82) is 0 Å². The molecule has 1 aliphatic heterocycles. The van der Waals surface area contributed by atoms with E-state index in [2.05, 4.69) is 15.7 Å². The van der Waals surface area contributed by atoms with E-state index in [0.29, 0.717) is 31.3 Å². The van der Waals surface area contributed by atoms with Crippen LogP contribution in [0.3, 0.4) is 0 Å². The lowest BCUT2D eigenvalue weighted by molar-refractivity contribution is -0.137. The Hall–Kier alpha value is -2.10. The standard InChI is InChI=1S/C17H19F3N4O2.ClH/c1-11-7-15(22-16(25)9-13-10-26-6-5-21-13)24(23-11)14-4-2-3-12(8-14)17(18,19)20;/h2-4,7-8,13,21H,5-6,9-10H2,1H3,(H,22,25);1H. The van der Waals surface area contributed by atoms with E-state index < -0.39 is 11.7 Å². The minimum atomic E-state index is -4.45. The Morgan fingerprint density at radius 1 is 1.41 bits per heavy atom. The summed E-state index contributed by atoms with van der Waals surface area (Å²) in [6.45, 7) is 3.44. The smallest absolute Gasteiger partial charge is 0.378 e. The van der Waals surface area contributed by atoms with Crippen LogP contribution in [0.25, 0.3) is 5.69 Å². The fraction of sp³-hybridized carbons (Fsp3) is 0.412. The second-order valence-corrected chi connectivity index (χ2v) is 6.11. The van der Waals surface area contributed by atoms with Crippen LogP contribution >= 0.6 is 12.4 Å². The molecule has 0 aliphatic carbocycles. The lowest BCUT2D eigenvalue weighted by atomic mass is 10.2. The van der Waals surface area contributed by atoms with E-state index in [9.17, 15) is 18.0 Å². The molecule has 10 heteroatoms. The van der Waals surface area contributed by atoms with Crippen molar-refractivity contribution < 1.29 is 22.7 Å². The molecule has 2 aromatic rings. The van der Waals surface area contributed by atoms with Crippen LogP contribution in [0.15, 0.2) is 30.3 Å². The van der Waals surface area contributed by atoms with E-state index >= 15 is 0 Å². The zero-order valence-corrected chi connectivity index (χ0v) is 15.4. The first-order valence-electron chi connectivity index (χ1n) is 8.18. The number of ether oxygens (including phenoxy) is 1. The highest BCUT2D eigenvalue weighted by atomic mass is 35.5. The minimum Gasteiger partial charge on any atom is -0.378 e. The average Bonchev–Trinajstić information content (AvgIpc) is 2.95. The number of anilines is 1. The van der Waals surface area contributed by atoms with Crippen LogP contribution in [-0.2, 0) is 15.7 Å². The molecule has 2 N–H and O–H groups in total. The van der Waals surface area contributed by atoms with Gasteiger partial charge >= 0.3 is 6.18 Å². The van der Waals surface area contributed by atoms with E-state index in [-0.39, 0.29) is 36.5 Å². The molecular weight excluding hydrogens is 385 g/mol. The van der Waals surface area contributed by atoms with Gasteiger partial charge in [-0.05, 0) is 25.1 Å². The average molecular weight is 405 g/mol. The van der Waals surface area contributed by atoms with Gasteiger partial charge in [0, 0.05) is 25.1 Å². The first-order valence-corrected chi connectivity index (χ1v) is 8.18. The zero-order chi connectivity index (χ0) is 18.7. The summed E-state index contributed by atoms with van der Waals surface area (Å²) in [7, 11) is 0. The van der Waals surface area contributed by atoms with Crippen LogP contribution < -0.4 is 10.6 Å². The van der Waals surface area contributed by atoms with Gasteiger partial charge in [-0.3, -0.25) is 4.79 Å². The van der Waals surface area contributed by atoms with Crippen LogP contribution in [0, 0.1) is 6.92 Å². The molecule has 1 unspecified atom stereocenters. The number of alkyl halides is 3. The molecule has 0 radical (unpaired) electrons. The molecule has 27 heavy (non-hydrogen) atoms. The van der Waals surface area contributed by atoms with Crippen molar-refractivity contribution in [3.05, 3.63) is 41.6 Å². The molecule has 0 bridgehead atoms. The summed E-state index contributed by atoms with van der Waals surface area (Å²) in [6, 6.07) is 6.33. The Morgan fingerprint density at radius 3 is 2.85 bits per heavy atom. The third kappa shape index (κ3) is 5.44. The third-order valence-electron chi connectivity index (χ3n) is 3.95.